The van der Waals surface area contributed by atoms with E-state index in [0.29, 0.717) is 30.4 Å². The van der Waals surface area contributed by atoms with Gasteiger partial charge in [-0.15, -0.1) is 12.4 Å². The second-order valence-corrected chi connectivity index (χ2v) is 10.3. The van der Waals surface area contributed by atoms with Crippen molar-refractivity contribution < 1.29 is 23.8 Å². The molecule has 0 unspecified atom stereocenters. The maximum atomic E-state index is 12.1. The van der Waals surface area contributed by atoms with Gasteiger partial charge in [0.15, 0.2) is 0 Å². The van der Waals surface area contributed by atoms with Crippen LogP contribution in [0.2, 0.25) is 0 Å². The van der Waals surface area contributed by atoms with Gasteiger partial charge in [0.05, 0.1) is 23.8 Å². The van der Waals surface area contributed by atoms with E-state index in [-0.39, 0.29) is 36.6 Å². The van der Waals surface area contributed by atoms with E-state index in [2.05, 4.69) is 28.9 Å². The Morgan fingerprint density at radius 3 is 2.72 bits per heavy atom. The molecular formula is C28H33ClN2O5. The molecule has 4 aliphatic rings. The van der Waals surface area contributed by atoms with Crippen molar-refractivity contribution in [1.29, 1.82) is 0 Å². The lowest BCUT2D eigenvalue weighted by molar-refractivity contribution is -0.0903. The van der Waals surface area contributed by atoms with Crippen LogP contribution >= 0.6 is 12.4 Å². The SMILES string of the molecule is Cc1c([C@@H]2CN3CCN(CCc4ccc5c(c4)C[C@@H](C)OC5=O)C[C@H]3CO2)ccc2c1COC2=O.Cl. The molecule has 8 heteroatoms. The highest BCUT2D eigenvalue weighted by Crippen LogP contribution is 2.33. The van der Waals surface area contributed by atoms with Crippen LogP contribution in [-0.4, -0.2) is 73.2 Å². The first-order chi connectivity index (χ1) is 17.0. The van der Waals surface area contributed by atoms with Crippen LogP contribution in [0.4, 0.5) is 0 Å². The fourth-order valence-corrected chi connectivity index (χ4v) is 6.01. The maximum Gasteiger partial charge on any atom is 0.338 e. The number of morpholine rings is 1. The van der Waals surface area contributed by atoms with Crippen molar-refractivity contribution in [2.45, 2.75) is 51.5 Å². The summed E-state index contributed by atoms with van der Waals surface area (Å²) in [6.07, 6.45) is 1.75. The normalized spacial score (nSPS) is 25.8. The van der Waals surface area contributed by atoms with E-state index < -0.39 is 0 Å². The summed E-state index contributed by atoms with van der Waals surface area (Å²) in [4.78, 5) is 29.0. The molecule has 0 bridgehead atoms. The van der Waals surface area contributed by atoms with Gasteiger partial charge in [0, 0.05) is 50.7 Å². The minimum Gasteiger partial charge on any atom is -0.459 e. The Bertz CT molecular complexity index is 1180. The molecule has 0 N–H and O–H groups in total. The second-order valence-electron chi connectivity index (χ2n) is 10.3. The van der Waals surface area contributed by atoms with Crippen molar-refractivity contribution in [1.82, 2.24) is 9.80 Å². The topological polar surface area (TPSA) is 68.3 Å². The van der Waals surface area contributed by atoms with Crippen molar-refractivity contribution in [3.8, 4) is 0 Å². The summed E-state index contributed by atoms with van der Waals surface area (Å²) in [5.74, 6) is -0.420. The fraction of sp³-hybridized carbons (Fsp3) is 0.500. The minimum absolute atomic E-state index is 0. The van der Waals surface area contributed by atoms with Crippen LogP contribution in [-0.2, 0) is 33.7 Å². The highest BCUT2D eigenvalue weighted by Gasteiger charge is 2.35. The standard InChI is InChI=1S/C28H32N2O5.ClH/c1-17-11-20-12-19(3-4-23(20)28(32)35-17)7-8-29-9-10-30-14-26(33-15-21(30)13-29)22-5-6-24-25(18(22)2)16-34-27(24)31;/h3-6,12,17,21,26H,7-11,13-16H2,1-2H3;1H/t17-,21+,26+;/m1./s1. The summed E-state index contributed by atoms with van der Waals surface area (Å²) in [5, 5.41) is 0. The Balaban J connectivity index is 0.00000267. The number of esters is 2. The number of carbonyl (C=O) groups excluding carboxylic acids is 2. The Labute approximate surface area is 218 Å². The van der Waals surface area contributed by atoms with Gasteiger partial charge in [0.2, 0.25) is 0 Å². The molecule has 4 heterocycles. The van der Waals surface area contributed by atoms with Gasteiger partial charge in [-0.25, -0.2) is 9.59 Å². The molecular weight excluding hydrogens is 480 g/mol. The Kier molecular flexibility index (Phi) is 7.10. The van der Waals surface area contributed by atoms with Crippen molar-refractivity contribution >= 4 is 24.3 Å². The van der Waals surface area contributed by atoms with Gasteiger partial charge in [-0.3, -0.25) is 4.90 Å². The van der Waals surface area contributed by atoms with Crippen LogP contribution in [0.5, 0.6) is 0 Å². The number of piperazine rings is 1. The smallest absolute Gasteiger partial charge is 0.338 e. The largest absolute Gasteiger partial charge is 0.459 e. The molecule has 6 rings (SSSR count). The average Bonchev–Trinajstić information content (AvgIpc) is 3.23. The number of cyclic esters (lactones) is 2. The minimum atomic E-state index is -0.220. The molecule has 0 spiro atoms. The lowest BCUT2D eigenvalue weighted by Gasteiger charge is -2.46. The Morgan fingerprint density at radius 1 is 1.03 bits per heavy atom. The highest BCUT2D eigenvalue weighted by atomic mass is 35.5. The molecule has 2 fully saturated rings. The van der Waals surface area contributed by atoms with Gasteiger partial charge in [-0.2, -0.15) is 0 Å². The first-order valence-corrected chi connectivity index (χ1v) is 12.7. The number of hydrogen-bond acceptors (Lipinski definition) is 7. The molecule has 3 atom stereocenters. The van der Waals surface area contributed by atoms with E-state index in [9.17, 15) is 9.59 Å². The summed E-state index contributed by atoms with van der Waals surface area (Å²) in [7, 11) is 0. The molecule has 2 aromatic carbocycles. The highest BCUT2D eigenvalue weighted by molar-refractivity contribution is 5.94. The third kappa shape index (κ3) is 4.65. The molecule has 192 valence electrons. The summed E-state index contributed by atoms with van der Waals surface area (Å²) in [5.41, 5.74) is 7.12. The zero-order chi connectivity index (χ0) is 24.1. The number of nitrogens with zero attached hydrogens (tertiary/aromatic N) is 2. The first kappa shape index (κ1) is 25.2. The number of ether oxygens (including phenoxy) is 3. The molecule has 0 aromatic heterocycles. The van der Waals surface area contributed by atoms with E-state index in [1.807, 2.05) is 25.1 Å². The summed E-state index contributed by atoms with van der Waals surface area (Å²) in [6, 6.07) is 10.5. The summed E-state index contributed by atoms with van der Waals surface area (Å²) < 4.78 is 16.9. The number of halogens is 1. The number of rotatable bonds is 4. The van der Waals surface area contributed by atoms with Gasteiger partial charge in [0.25, 0.3) is 0 Å². The summed E-state index contributed by atoms with van der Waals surface area (Å²) >= 11 is 0. The third-order valence-electron chi connectivity index (χ3n) is 8.06. The van der Waals surface area contributed by atoms with Gasteiger partial charge < -0.3 is 19.1 Å². The molecule has 0 amide bonds. The molecule has 0 saturated carbocycles. The Hall–Kier alpha value is -2.45. The predicted octanol–water partition coefficient (Wildman–Crippen LogP) is 3.49. The van der Waals surface area contributed by atoms with E-state index in [0.717, 1.165) is 62.3 Å². The molecule has 0 radical (unpaired) electrons. The third-order valence-corrected chi connectivity index (χ3v) is 8.06. The van der Waals surface area contributed by atoms with Crippen molar-refractivity contribution in [2.24, 2.45) is 0 Å². The molecule has 2 aromatic rings. The van der Waals surface area contributed by atoms with Crippen LogP contribution in [0.3, 0.4) is 0 Å². The van der Waals surface area contributed by atoms with Gasteiger partial charge in [0.1, 0.15) is 12.7 Å². The zero-order valence-electron chi connectivity index (χ0n) is 20.8. The monoisotopic (exact) mass is 512 g/mol. The Morgan fingerprint density at radius 2 is 1.86 bits per heavy atom. The lowest BCUT2D eigenvalue weighted by atomic mass is 9.94. The van der Waals surface area contributed by atoms with Crippen molar-refractivity contribution in [3.63, 3.8) is 0 Å². The van der Waals surface area contributed by atoms with E-state index >= 15 is 0 Å². The van der Waals surface area contributed by atoms with Crippen LogP contribution in [0.1, 0.15) is 61.6 Å². The molecule has 7 nitrogen and oxygen atoms in total. The molecule has 0 aliphatic carbocycles. The van der Waals surface area contributed by atoms with E-state index in [4.69, 9.17) is 14.2 Å². The second kappa shape index (κ2) is 10.1. The lowest BCUT2D eigenvalue weighted by Crippen LogP contribution is -2.58. The quantitative estimate of drug-likeness (QED) is 0.581. The molecule has 36 heavy (non-hydrogen) atoms. The number of benzene rings is 2. The van der Waals surface area contributed by atoms with Crippen LogP contribution in [0, 0.1) is 6.92 Å². The number of carbonyl (C=O) groups is 2. The van der Waals surface area contributed by atoms with Crippen LogP contribution in [0.15, 0.2) is 30.3 Å². The van der Waals surface area contributed by atoms with E-state index in [1.165, 1.54) is 11.1 Å². The molecule has 2 saturated heterocycles. The number of fused-ring (bicyclic) bond motifs is 3. The summed E-state index contributed by atoms with van der Waals surface area (Å²) in [6.45, 7) is 10.1. The first-order valence-electron chi connectivity index (χ1n) is 12.7. The van der Waals surface area contributed by atoms with Gasteiger partial charge >= 0.3 is 11.9 Å². The van der Waals surface area contributed by atoms with Crippen LogP contribution in [0.25, 0.3) is 0 Å². The van der Waals surface area contributed by atoms with E-state index in [1.54, 1.807) is 0 Å². The number of hydrogen-bond donors (Lipinski definition) is 0. The van der Waals surface area contributed by atoms with Gasteiger partial charge in [-0.05, 0) is 54.7 Å². The maximum absolute atomic E-state index is 12.1. The zero-order valence-corrected chi connectivity index (χ0v) is 21.6. The average molecular weight is 513 g/mol. The molecule has 4 aliphatic heterocycles. The van der Waals surface area contributed by atoms with Crippen molar-refractivity contribution in [3.05, 3.63) is 69.3 Å². The van der Waals surface area contributed by atoms with Crippen molar-refractivity contribution in [2.75, 3.05) is 39.3 Å². The van der Waals surface area contributed by atoms with Crippen LogP contribution < -0.4 is 0 Å². The fourth-order valence-electron chi connectivity index (χ4n) is 6.01. The van der Waals surface area contributed by atoms with Gasteiger partial charge in [-0.1, -0.05) is 18.2 Å². The predicted molar refractivity (Wildman–Crippen MR) is 137 cm³/mol.